The number of fused-ring (bicyclic) bond motifs is 1. The minimum atomic E-state index is -0.969. The van der Waals surface area contributed by atoms with Crippen molar-refractivity contribution in [2.75, 3.05) is 4.90 Å². The van der Waals surface area contributed by atoms with Gasteiger partial charge in [-0.3, -0.25) is 9.59 Å². The number of carbonyl (C=O) groups is 2. The van der Waals surface area contributed by atoms with Crippen LogP contribution in [0.3, 0.4) is 0 Å². The molecule has 0 fully saturated rings. The summed E-state index contributed by atoms with van der Waals surface area (Å²) in [6.07, 6.45) is -0.170. The van der Waals surface area contributed by atoms with E-state index in [1.165, 1.54) is 12.5 Å². The lowest BCUT2D eigenvalue weighted by molar-refractivity contribution is -0.153. The largest absolute Gasteiger partial charge is 0.447 e. The highest BCUT2D eigenvalue weighted by atomic mass is 16.5. The molecular weight excluding hydrogens is 386 g/mol. The van der Waals surface area contributed by atoms with Gasteiger partial charge >= 0.3 is 5.97 Å². The molecule has 1 amide bonds. The summed E-state index contributed by atoms with van der Waals surface area (Å²) in [5, 5.41) is 0. The van der Waals surface area contributed by atoms with E-state index in [1.807, 2.05) is 53.4 Å². The number of ether oxygens (including phenoxy) is 1. The van der Waals surface area contributed by atoms with Crippen molar-refractivity contribution in [2.45, 2.75) is 45.3 Å². The van der Waals surface area contributed by atoms with Gasteiger partial charge in [0.2, 0.25) is 6.10 Å². The smallest absolute Gasteiger partial charge is 0.303 e. The van der Waals surface area contributed by atoms with Crippen molar-refractivity contribution in [2.24, 2.45) is 0 Å². The first kappa shape index (κ1) is 20.9. The number of hydrogen-bond acceptors (Lipinski definition) is 3. The molecule has 4 heteroatoms. The molecule has 4 rings (SSSR count). The average Bonchev–Trinajstić information content (AvgIpc) is 2.78. The summed E-state index contributed by atoms with van der Waals surface area (Å²) >= 11 is 0. The molecule has 0 N–H and O–H groups in total. The molecule has 3 unspecified atom stereocenters. The van der Waals surface area contributed by atoms with Crippen LogP contribution in [0.1, 0.15) is 54.5 Å². The molecule has 0 saturated carbocycles. The van der Waals surface area contributed by atoms with Crippen molar-refractivity contribution in [3.05, 3.63) is 101 Å². The van der Waals surface area contributed by atoms with Gasteiger partial charge in [0.25, 0.3) is 5.91 Å². The quantitative estimate of drug-likeness (QED) is 0.526. The molecule has 158 valence electrons. The number of amides is 1. The topological polar surface area (TPSA) is 46.6 Å². The van der Waals surface area contributed by atoms with E-state index in [0.717, 1.165) is 23.2 Å². The van der Waals surface area contributed by atoms with E-state index in [9.17, 15) is 9.59 Å². The minimum Gasteiger partial charge on any atom is -0.447 e. The number of esters is 1. The number of nitrogens with zero attached hydrogens (tertiary/aromatic N) is 1. The van der Waals surface area contributed by atoms with Gasteiger partial charge in [0, 0.05) is 30.1 Å². The molecule has 0 aromatic heterocycles. The predicted octanol–water partition coefficient (Wildman–Crippen LogP) is 5.56. The van der Waals surface area contributed by atoms with E-state index in [4.69, 9.17) is 4.74 Å². The number of aryl methyl sites for hydroxylation is 1. The third-order valence-electron chi connectivity index (χ3n) is 5.89. The van der Waals surface area contributed by atoms with Crippen LogP contribution in [0.4, 0.5) is 5.69 Å². The maximum absolute atomic E-state index is 13.8. The second kappa shape index (κ2) is 8.76. The zero-order valence-electron chi connectivity index (χ0n) is 18.1. The standard InChI is InChI=1S/C27H27NO3/c1-18-14-15-25-24(16-18)23(21-10-6-4-7-11-21)17-19(2)28(25)27(30)26(31-20(3)29)22-12-8-5-9-13-22/h4-16,19,23,26H,17H2,1-3H3. The Labute approximate surface area is 183 Å². The van der Waals surface area contributed by atoms with Gasteiger partial charge in [0.1, 0.15) is 0 Å². The summed E-state index contributed by atoms with van der Waals surface area (Å²) < 4.78 is 5.52. The van der Waals surface area contributed by atoms with Gasteiger partial charge in [-0.25, -0.2) is 0 Å². The van der Waals surface area contributed by atoms with Gasteiger partial charge in [-0.1, -0.05) is 78.4 Å². The lowest BCUT2D eigenvalue weighted by atomic mass is 9.80. The van der Waals surface area contributed by atoms with Gasteiger partial charge in [-0.15, -0.1) is 0 Å². The summed E-state index contributed by atoms with van der Waals surface area (Å²) in [5.74, 6) is -0.484. The normalized spacial score (nSPS) is 18.7. The number of rotatable bonds is 4. The highest BCUT2D eigenvalue weighted by molar-refractivity contribution is 6.00. The number of hydrogen-bond donors (Lipinski definition) is 0. The van der Waals surface area contributed by atoms with Crippen LogP contribution >= 0.6 is 0 Å². The molecule has 4 nitrogen and oxygen atoms in total. The van der Waals surface area contributed by atoms with Crippen LogP contribution < -0.4 is 4.90 Å². The van der Waals surface area contributed by atoms with Crippen molar-refractivity contribution >= 4 is 17.6 Å². The lowest BCUT2D eigenvalue weighted by Gasteiger charge is -2.41. The highest BCUT2D eigenvalue weighted by Crippen LogP contribution is 2.43. The Hall–Kier alpha value is -3.40. The number of benzene rings is 3. The zero-order valence-corrected chi connectivity index (χ0v) is 18.1. The summed E-state index contributed by atoms with van der Waals surface area (Å²) in [7, 11) is 0. The molecule has 0 saturated heterocycles. The fourth-order valence-corrected chi connectivity index (χ4v) is 4.50. The number of carbonyl (C=O) groups excluding carboxylic acids is 2. The highest BCUT2D eigenvalue weighted by Gasteiger charge is 2.38. The summed E-state index contributed by atoms with van der Waals surface area (Å²) in [6, 6.07) is 25.8. The molecule has 1 aliphatic heterocycles. The Morgan fingerprint density at radius 3 is 2.26 bits per heavy atom. The SMILES string of the molecule is CC(=O)OC(C(=O)N1c2ccc(C)cc2C(c2ccccc2)CC1C)c1ccccc1. The fraction of sp³-hybridized carbons (Fsp3) is 0.259. The second-order valence-corrected chi connectivity index (χ2v) is 8.22. The summed E-state index contributed by atoms with van der Waals surface area (Å²) in [6.45, 7) is 5.47. The van der Waals surface area contributed by atoms with Crippen molar-refractivity contribution in [1.29, 1.82) is 0 Å². The minimum absolute atomic E-state index is 0.0466. The molecule has 0 radical (unpaired) electrons. The molecule has 0 spiro atoms. The maximum atomic E-state index is 13.8. The van der Waals surface area contributed by atoms with Gasteiger partial charge in [0.15, 0.2) is 0 Å². The Morgan fingerprint density at radius 2 is 1.61 bits per heavy atom. The zero-order chi connectivity index (χ0) is 22.0. The third-order valence-corrected chi connectivity index (χ3v) is 5.89. The molecule has 3 aromatic rings. The molecule has 1 heterocycles. The average molecular weight is 414 g/mol. The maximum Gasteiger partial charge on any atom is 0.303 e. The first-order valence-corrected chi connectivity index (χ1v) is 10.7. The monoisotopic (exact) mass is 413 g/mol. The van der Waals surface area contributed by atoms with Crippen LogP contribution in [0.15, 0.2) is 78.9 Å². The molecular formula is C27H27NO3. The summed E-state index contributed by atoms with van der Waals surface area (Å²) in [5.41, 5.74) is 5.09. The Bertz CT molecular complexity index is 1080. The Kier molecular flexibility index (Phi) is 5.90. The van der Waals surface area contributed by atoms with Crippen molar-refractivity contribution in [1.82, 2.24) is 0 Å². The van der Waals surface area contributed by atoms with Crippen molar-refractivity contribution in [3.63, 3.8) is 0 Å². The first-order chi connectivity index (χ1) is 15.0. The molecule has 0 aliphatic carbocycles. The molecule has 3 aromatic carbocycles. The van der Waals surface area contributed by atoms with Crippen LogP contribution in [0.2, 0.25) is 0 Å². The van der Waals surface area contributed by atoms with E-state index in [-0.39, 0.29) is 17.9 Å². The Morgan fingerprint density at radius 1 is 0.968 bits per heavy atom. The molecule has 0 bridgehead atoms. The predicted molar refractivity (Wildman–Crippen MR) is 122 cm³/mol. The lowest BCUT2D eigenvalue weighted by Crippen LogP contribution is -2.46. The molecule has 1 aliphatic rings. The van der Waals surface area contributed by atoms with Crippen LogP contribution in [-0.2, 0) is 14.3 Å². The summed E-state index contributed by atoms with van der Waals surface area (Å²) in [4.78, 5) is 27.4. The fourth-order valence-electron chi connectivity index (χ4n) is 4.50. The van der Waals surface area contributed by atoms with Crippen LogP contribution in [0.25, 0.3) is 0 Å². The van der Waals surface area contributed by atoms with Crippen molar-refractivity contribution < 1.29 is 14.3 Å². The van der Waals surface area contributed by atoms with E-state index < -0.39 is 12.1 Å². The van der Waals surface area contributed by atoms with Crippen molar-refractivity contribution in [3.8, 4) is 0 Å². The third kappa shape index (κ3) is 4.24. The van der Waals surface area contributed by atoms with Crippen LogP contribution in [0.5, 0.6) is 0 Å². The van der Waals surface area contributed by atoms with E-state index in [1.54, 1.807) is 0 Å². The van der Waals surface area contributed by atoms with Gasteiger partial charge in [0.05, 0.1) is 0 Å². The van der Waals surface area contributed by atoms with Crippen LogP contribution in [0, 0.1) is 6.92 Å². The number of anilines is 1. The van der Waals surface area contributed by atoms with E-state index in [2.05, 4.69) is 44.2 Å². The second-order valence-electron chi connectivity index (χ2n) is 8.22. The Balaban J connectivity index is 1.78. The van der Waals surface area contributed by atoms with Crippen LogP contribution in [-0.4, -0.2) is 17.9 Å². The molecule has 31 heavy (non-hydrogen) atoms. The van der Waals surface area contributed by atoms with E-state index in [0.29, 0.717) is 5.56 Å². The van der Waals surface area contributed by atoms with Gasteiger partial charge < -0.3 is 9.64 Å². The van der Waals surface area contributed by atoms with E-state index >= 15 is 0 Å². The first-order valence-electron chi connectivity index (χ1n) is 10.7. The van der Waals surface area contributed by atoms with Gasteiger partial charge in [-0.05, 0) is 37.5 Å². The van der Waals surface area contributed by atoms with Gasteiger partial charge in [-0.2, -0.15) is 0 Å². The molecule has 3 atom stereocenters.